The molecule has 6 nitrogen and oxygen atoms in total. The molecule has 0 spiro atoms. The fourth-order valence-corrected chi connectivity index (χ4v) is 1.28. The van der Waals surface area contributed by atoms with Crippen molar-refractivity contribution >= 4 is 0 Å². The molecule has 0 fully saturated rings. The van der Waals surface area contributed by atoms with Crippen LogP contribution in [0, 0.1) is 6.92 Å². The van der Waals surface area contributed by atoms with Crippen molar-refractivity contribution in [2.24, 2.45) is 5.73 Å². The van der Waals surface area contributed by atoms with Gasteiger partial charge in [0.25, 0.3) is 5.89 Å². The molecule has 0 aromatic carbocycles. The smallest absolute Gasteiger partial charge is 0.296 e. The molecular formula is C10H14N4O2. The standard InChI is InChI=1S/C10H14N4O2/c1-3-7(11)5-9-12-10(16-14-9)8-4-6(2)13-15-8/h4,7H,3,5,11H2,1-2H3. The van der Waals surface area contributed by atoms with Gasteiger partial charge in [0.2, 0.25) is 5.76 Å². The van der Waals surface area contributed by atoms with Crippen molar-refractivity contribution in [2.75, 3.05) is 0 Å². The average molecular weight is 222 g/mol. The Labute approximate surface area is 92.8 Å². The molecular weight excluding hydrogens is 208 g/mol. The molecule has 86 valence electrons. The van der Waals surface area contributed by atoms with Crippen molar-refractivity contribution in [3.63, 3.8) is 0 Å². The number of nitrogens with zero attached hydrogens (tertiary/aromatic N) is 3. The summed E-state index contributed by atoms with van der Waals surface area (Å²) in [7, 11) is 0. The third-order valence-electron chi connectivity index (χ3n) is 2.28. The molecule has 2 N–H and O–H groups in total. The van der Waals surface area contributed by atoms with E-state index in [9.17, 15) is 0 Å². The lowest BCUT2D eigenvalue weighted by Gasteiger charge is -2.02. The summed E-state index contributed by atoms with van der Waals surface area (Å²) in [6, 6.07) is 1.80. The average Bonchev–Trinajstić information content (AvgIpc) is 2.87. The second-order valence-corrected chi connectivity index (χ2v) is 3.72. The largest absolute Gasteiger partial charge is 0.351 e. The summed E-state index contributed by atoms with van der Waals surface area (Å²) in [6.45, 7) is 3.85. The van der Waals surface area contributed by atoms with E-state index < -0.39 is 0 Å². The molecule has 2 aromatic rings. The van der Waals surface area contributed by atoms with Crippen LogP contribution in [0.25, 0.3) is 11.7 Å². The highest BCUT2D eigenvalue weighted by molar-refractivity contribution is 5.43. The molecule has 6 heteroatoms. The predicted octanol–water partition coefficient (Wildman–Crippen LogP) is 1.31. The molecule has 1 unspecified atom stereocenters. The number of aryl methyl sites for hydroxylation is 1. The molecule has 0 aliphatic carbocycles. The van der Waals surface area contributed by atoms with E-state index in [2.05, 4.69) is 15.3 Å². The molecule has 2 aromatic heterocycles. The SMILES string of the molecule is CCC(N)Cc1noc(-c2cc(C)no2)n1. The number of aromatic nitrogens is 3. The highest BCUT2D eigenvalue weighted by Crippen LogP contribution is 2.18. The third kappa shape index (κ3) is 2.27. The predicted molar refractivity (Wildman–Crippen MR) is 56.5 cm³/mol. The van der Waals surface area contributed by atoms with Gasteiger partial charge in [0, 0.05) is 18.5 Å². The van der Waals surface area contributed by atoms with Crippen molar-refractivity contribution in [3.8, 4) is 11.7 Å². The lowest BCUT2D eigenvalue weighted by Crippen LogP contribution is -2.21. The number of hydrogen-bond donors (Lipinski definition) is 1. The number of hydrogen-bond acceptors (Lipinski definition) is 6. The van der Waals surface area contributed by atoms with Crippen LogP contribution in [-0.4, -0.2) is 21.3 Å². The van der Waals surface area contributed by atoms with Crippen LogP contribution in [0.15, 0.2) is 15.1 Å². The Bertz CT molecular complexity index is 463. The lowest BCUT2D eigenvalue weighted by molar-refractivity contribution is 0.379. The maximum atomic E-state index is 5.80. The van der Waals surface area contributed by atoms with E-state index in [4.69, 9.17) is 14.8 Å². The van der Waals surface area contributed by atoms with Gasteiger partial charge in [-0.05, 0) is 13.3 Å². The minimum absolute atomic E-state index is 0.0573. The van der Waals surface area contributed by atoms with Crippen molar-refractivity contribution in [2.45, 2.75) is 32.7 Å². The minimum atomic E-state index is 0.0573. The molecule has 0 saturated heterocycles. The summed E-state index contributed by atoms with van der Waals surface area (Å²) in [5, 5.41) is 7.59. The lowest BCUT2D eigenvalue weighted by atomic mass is 10.2. The van der Waals surface area contributed by atoms with Crippen LogP contribution in [0.3, 0.4) is 0 Å². The number of nitrogens with two attached hydrogens (primary N) is 1. The second-order valence-electron chi connectivity index (χ2n) is 3.72. The topological polar surface area (TPSA) is 91.0 Å². The van der Waals surface area contributed by atoms with Crippen LogP contribution >= 0.6 is 0 Å². The highest BCUT2D eigenvalue weighted by atomic mass is 16.5. The number of rotatable bonds is 4. The van der Waals surface area contributed by atoms with Crippen LogP contribution in [0.2, 0.25) is 0 Å². The normalized spacial score (nSPS) is 12.9. The Kier molecular flexibility index (Phi) is 3.00. The van der Waals surface area contributed by atoms with E-state index in [1.165, 1.54) is 0 Å². The van der Waals surface area contributed by atoms with Crippen molar-refractivity contribution in [3.05, 3.63) is 17.6 Å². The zero-order valence-corrected chi connectivity index (χ0v) is 9.30. The highest BCUT2D eigenvalue weighted by Gasteiger charge is 2.14. The summed E-state index contributed by atoms with van der Waals surface area (Å²) in [5.74, 6) is 1.43. The third-order valence-corrected chi connectivity index (χ3v) is 2.28. The van der Waals surface area contributed by atoms with Crippen LogP contribution in [0.4, 0.5) is 0 Å². The van der Waals surface area contributed by atoms with Gasteiger partial charge in [-0.25, -0.2) is 0 Å². The Morgan fingerprint density at radius 2 is 2.19 bits per heavy atom. The fraction of sp³-hybridized carbons (Fsp3) is 0.500. The van der Waals surface area contributed by atoms with E-state index in [0.717, 1.165) is 12.1 Å². The first-order chi connectivity index (χ1) is 7.69. The zero-order valence-electron chi connectivity index (χ0n) is 9.30. The van der Waals surface area contributed by atoms with Gasteiger partial charge in [-0.2, -0.15) is 4.98 Å². The molecule has 0 aliphatic rings. The molecule has 0 radical (unpaired) electrons. The zero-order chi connectivity index (χ0) is 11.5. The van der Waals surface area contributed by atoms with Gasteiger partial charge < -0.3 is 14.8 Å². The molecule has 2 heterocycles. The summed E-state index contributed by atoms with van der Waals surface area (Å²) < 4.78 is 10.1. The van der Waals surface area contributed by atoms with Gasteiger partial charge in [0.15, 0.2) is 5.82 Å². The van der Waals surface area contributed by atoms with E-state index in [1.807, 2.05) is 13.8 Å². The van der Waals surface area contributed by atoms with E-state index in [-0.39, 0.29) is 6.04 Å². The Balaban J connectivity index is 2.13. The molecule has 1 atom stereocenters. The van der Waals surface area contributed by atoms with E-state index >= 15 is 0 Å². The first-order valence-corrected chi connectivity index (χ1v) is 5.21. The fourth-order valence-electron chi connectivity index (χ4n) is 1.28. The Morgan fingerprint density at radius 1 is 1.38 bits per heavy atom. The first-order valence-electron chi connectivity index (χ1n) is 5.21. The van der Waals surface area contributed by atoms with Gasteiger partial charge in [-0.15, -0.1) is 0 Å². The molecule has 0 bridgehead atoms. The minimum Gasteiger partial charge on any atom is -0.351 e. The molecule has 16 heavy (non-hydrogen) atoms. The first kappa shape index (κ1) is 10.8. The van der Waals surface area contributed by atoms with E-state index in [0.29, 0.717) is 23.9 Å². The molecule has 0 saturated carbocycles. The van der Waals surface area contributed by atoms with E-state index in [1.54, 1.807) is 6.07 Å². The van der Waals surface area contributed by atoms with Gasteiger partial charge in [-0.1, -0.05) is 17.2 Å². The van der Waals surface area contributed by atoms with Crippen LogP contribution in [-0.2, 0) is 6.42 Å². The summed E-state index contributed by atoms with van der Waals surface area (Å²) in [6.07, 6.45) is 1.48. The Hall–Kier alpha value is -1.69. The van der Waals surface area contributed by atoms with Crippen LogP contribution in [0.5, 0.6) is 0 Å². The summed E-state index contributed by atoms with van der Waals surface area (Å²) >= 11 is 0. The van der Waals surface area contributed by atoms with Crippen molar-refractivity contribution in [1.29, 1.82) is 0 Å². The maximum Gasteiger partial charge on any atom is 0.296 e. The maximum absolute atomic E-state index is 5.80. The van der Waals surface area contributed by atoms with Gasteiger partial charge in [0.1, 0.15) is 0 Å². The van der Waals surface area contributed by atoms with Crippen molar-refractivity contribution in [1.82, 2.24) is 15.3 Å². The summed E-state index contributed by atoms with van der Waals surface area (Å²) in [5.41, 5.74) is 6.58. The monoisotopic (exact) mass is 222 g/mol. The molecule has 2 rings (SSSR count). The Morgan fingerprint density at radius 3 is 2.81 bits per heavy atom. The van der Waals surface area contributed by atoms with Gasteiger partial charge in [0.05, 0.1) is 5.69 Å². The van der Waals surface area contributed by atoms with Gasteiger partial charge >= 0.3 is 0 Å². The van der Waals surface area contributed by atoms with Gasteiger partial charge in [-0.3, -0.25) is 0 Å². The van der Waals surface area contributed by atoms with Crippen LogP contribution in [0.1, 0.15) is 24.9 Å². The summed E-state index contributed by atoms with van der Waals surface area (Å²) in [4.78, 5) is 4.19. The van der Waals surface area contributed by atoms with Crippen LogP contribution < -0.4 is 5.73 Å². The molecule has 0 amide bonds. The second kappa shape index (κ2) is 4.44. The molecule has 0 aliphatic heterocycles. The quantitative estimate of drug-likeness (QED) is 0.838. The van der Waals surface area contributed by atoms with Crippen molar-refractivity contribution < 1.29 is 9.05 Å².